The molecule has 0 radical (unpaired) electrons. The highest BCUT2D eigenvalue weighted by molar-refractivity contribution is 7.89. The van der Waals surface area contributed by atoms with Gasteiger partial charge in [-0.1, -0.05) is 31.1 Å². The van der Waals surface area contributed by atoms with Gasteiger partial charge in [0.25, 0.3) is 0 Å². The lowest BCUT2D eigenvalue weighted by atomic mass is 10.1. The Labute approximate surface area is 182 Å². The molecule has 2 aromatic carbocycles. The van der Waals surface area contributed by atoms with E-state index in [1.807, 2.05) is 32.0 Å². The molecule has 0 saturated heterocycles. The van der Waals surface area contributed by atoms with Gasteiger partial charge in [0.1, 0.15) is 11.4 Å². The average molecular weight is 446 g/mol. The summed E-state index contributed by atoms with van der Waals surface area (Å²) in [6.07, 6.45) is -0.175. The molecule has 8 nitrogen and oxygen atoms in total. The van der Waals surface area contributed by atoms with Crippen molar-refractivity contribution < 1.29 is 22.5 Å². The summed E-state index contributed by atoms with van der Waals surface area (Å²) in [7, 11) is -3.68. The first-order valence-electron chi connectivity index (χ1n) is 10.2. The van der Waals surface area contributed by atoms with E-state index in [-0.39, 0.29) is 23.3 Å². The van der Waals surface area contributed by atoms with E-state index in [1.54, 1.807) is 26.0 Å². The fraction of sp³-hybridized carbons (Fsp3) is 0.364. The summed E-state index contributed by atoms with van der Waals surface area (Å²) in [5, 5.41) is 7.52. The van der Waals surface area contributed by atoms with E-state index in [0.717, 1.165) is 5.39 Å². The van der Waals surface area contributed by atoms with E-state index in [1.165, 1.54) is 16.4 Å². The zero-order chi connectivity index (χ0) is 22.6. The number of anilines is 1. The van der Waals surface area contributed by atoms with Crippen LogP contribution in [0.2, 0.25) is 0 Å². The van der Waals surface area contributed by atoms with Crippen LogP contribution in [0.15, 0.2) is 51.9 Å². The van der Waals surface area contributed by atoms with Gasteiger partial charge in [0, 0.05) is 18.5 Å². The van der Waals surface area contributed by atoms with Crippen LogP contribution in [0, 0.1) is 0 Å². The molecule has 166 valence electrons. The van der Waals surface area contributed by atoms with Crippen LogP contribution < -0.4 is 10.1 Å². The molecule has 0 spiro atoms. The molecule has 0 aliphatic heterocycles. The van der Waals surface area contributed by atoms with Crippen LogP contribution in [0.4, 0.5) is 5.69 Å². The lowest BCUT2D eigenvalue weighted by molar-refractivity contribution is -0.115. The molecule has 9 heteroatoms. The Morgan fingerprint density at radius 3 is 2.55 bits per heavy atom. The summed E-state index contributed by atoms with van der Waals surface area (Å²) < 4.78 is 38.2. The molecule has 0 bridgehead atoms. The van der Waals surface area contributed by atoms with Crippen molar-refractivity contribution in [2.24, 2.45) is 0 Å². The van der Waals surface area contributed by atoms with Crippen LogP contribution in [-0.4, -0.2) is 43.0 Å². The number of carbonyl (C=O) groups is 1. The minimum Gasteiger partial charge on any atom is -0.489 e. The van der Waals surface area contributed by atoms with E-state index < -0.39 is 10.0 Å². The standard InChI is InChI=1S/C22H27N3O5S/c1-5-25(6-2)31(27,28)16-11-12-21(29-15(3)4)19(13-16)23-22(26)14-18-17-9-7-8-10-20(17)30-24-18/h7-13,15H,5-6,14H2,1-4H3,(H,23,26). The largest absolute Gasteiger partial charge is 0.489 e. The summed E-state index contributed by atoms with van der Waals surface area (Å²) in [4.78, 5) is 12.9. The molecule has 1 amide bonds. The Kier molecular flexibility index (Phi) is 6.97. The number of rotatable bonds is 9. The summed E-state index contributed by atoms with van der Waals surface area (Å²) in [6, 6.07) is 11.8. The number of nitrogens with one attached hydrogen (secondary N) is 1. The zero-order valence-corrected chi connectivity index (χ0v) is 18.9. The molecule has 3 aromatic rings. The van der Waals surface area contributed by atoms with Crippen molar-refractivity contribution in [1.82, 2.24) is 9.46 Å². The first-order chi connectivity index (χ1) is 14.8. The van der Waals surface area contributed by atoms with Crippen LogP contribution in [0.25, 0.3) is 11.0 Å². The summed E-state index contributed by atoms with van der Waals surface area (Å²) in [5.41, 5.74) is 1.40. The van der Waals surface area contributed by atoms with Crippen molar-refractivity contribution in [3.05, 3.63) is 48.2 Å². The number of carbonyl (C=O) groups excluding carboxylic acids is 1. The Morgan fingerprint density at radius 1 is 1.16 bits per heavy atom. The number of nitrogens with zero attached hydrogens (tertiary/aromatic N) is 2. The van der Waals surface area contributed by atoms with Crippen LogP contribution in [-0.2, 0) is 21.2 Å². The monoisotopic (exact) mass is 445 g/mol. The fourth-order valence-corrected chi connectivity index (χ4v) is 4.73. The zero-order valence-electron chi connectivity index (χ0n) is 18.1. The van der Waals surface area contributed by atoms with Crippen molar-refractivity contribution in [3.8, 4) is 5.75 Å². The second kappa shape index (κ2) is 9.49. The van der Waals surface area contributed by atoms with Gasteiger partial charge in [0.2, 0.25) is 15.9 Å². The quantitative estimate of drug-likeness (QED) is 0.537. The predicted octanol–water partition coefficient (Wildman–Crippen LogP) is 3.83. The lowest BCUT2D eigenvalue weighted by Crippen LogP contribution is -2.30. The van der Waals surface area contributed by atoms with Gasteiger partial charge in [0.15, 0.2) is 5.58 Å². The topological polar surface area (TPSA) is 102 Å². The van der Waals surface area contributed by atoms with Crippen molar-refractivity contribution in [2.75, 3.05) is 18.4 Å². The molecule has 0 aliphatic carbocycles. The van der Waals surface area contributed by atoms with Crippen molar-refractivity contribution in [3.63, 3.8) is 0 Å². The second-order valence-electron chi connectivity index (χ2n) is 7.26. The average Bonchev–Trinajstić information content (AvgIpc) is 3.12. The molecular formula is C22H27N3O5S. The molecular weight excluding hydrogens is 418 g/mol. The number of para-hydroxylation sites is 1. The normalized spacial score (nSPS) is 11.9. The second-order valence-corrected chi connectivity index (χ2v) is 9.20. The smallest absolute Gasteiger partial charge is 0.243 e. The number of hydrogen-bond acceptors (Lipinski definition) is 6. The molecule has 0 saturated carbocycles. The Bertz CT molecular complexity index is 1170. The summed E-state index contributed by atoms with van der Waals surface area (Å²) in [6.45, 7) is 7.97. The number of sulfonamides is 1. The fourth-order valence-electron chi connectivity index (χ4n) is 3.25. The van der Waals surface area contributed by atoms with E-state index >= 15 is 0 Å². The third kappa shape index (κ3) is 5.05. The van der Waals surface area contributed by atoms with Gasteiger partial charge in [-0.3, -0.25) is 4.79 Å². The van der Waals surface area contributed by atoms with Gasteiger partial charge in [-0.2, -0.15) is 4.31 Å². The summed E-state index contributed by atoms with van der Waals surface area (Å²) in [5.74, 6) is 0.0388. The minimum absolute atomic E-state index is 0.0227. The molecule has 0 fully saturated rings. The van der Waals surface area contributed by atoms with Crippen LogP contribution in [0.3, 0.4) is 0 Å². The van der Waals surface area contributed by atoms with Crippen molar-refractivity contribution >= 4 is 32.6 Å². The molecule has 0 unspecified atom stereocenters. The molecule has 31 heavy (non-hydrogen) atoms. The highest BCUT2D eigenvalue weighted by Crippen LogP contribution is 2.30. The van der Waals surface area contributed by atoms with Gasteiger partial charge in [0.05, 0.1) is 23.1 Å². The van der Waals surface area contributed by atoms with E-state index in [4.69, 9.17) is 9.26 Å². The number of hydrogen-bond donors (Lipinski definition) is 1. The number of benzene rings is 2. The van der Waals surface area contributed by atoms with Gasteiger partial charge < -0.3 is 14.6 Å². The van der Waals surface area contributed by atoms with Gasteiger partial charge in [-0.25, -0.2) is 8.42 Å². The van der Waals surface area contributed by atoms with Gasteiger partial charge in [-0.15, -0.1) is 0 Å². The Morgan fingerprint density at radius 2 is 1.87 bits per heavy atom. The Hall–Kier alpha value is -2.91. The van der Waals surface area contributed by atoms with E-state index in [0.29, 0.717) is 35.8 Å². The third-order valence-corrected chi connectivity index (χ3v) is 6.76. The molecule has 0 atom stereocenters. The predicted molar refractivity (Wildman–Crippen MR) is 119 cm³/mol. The van der Waals surface area contributed by atoms with Crippen LogP contribution in [0.1, 0.15) is 33.4 Å². The molecule has 0 aliphatic rings. The number of ether oxygens (including phenoxy) is 1. The molecule has 1 heterocycles. The number of amides is 1. The number of aromatic nitrogens is 1. The van der Waals surface area contributed by atoms with Crippen molar-refractivity contribution in [1.29, 1.82) is 0 Å². The highest BCUT2D eigenvalue weighted by Gasteiger charge is 2.24. The molecule has 3 rings (SSSR count). The summed E-state index contributed by atoms with van der Waals surface area (Å²) >= 11 is 0. The molecule has 1 N–H and O–H groups in total. The maximum Gasteiger partial charge on any atom is 0.243 e. The van der Waals surface area contributed by atoms with E-state index in [2.05, 4.69) is 10.5 Å². The SMILES string of the molecule is CCN(CC)S(=O)(=O)c1ccc(OC(C)C)c(NC(=O)Cc2noc3ccccc23)c1. The highest BCUT2D eigenvalue weighted by atomic mass is 32.2. The van der Waals surface area contributed by atoms with Gasteiger partial charge >= 0.3 is 0 Å². The first kappa shape index (κ1) is 22.8. The Balaban J connectivity index is 1.90. The maximum atomic E-state index is 12.9. The minimum atomic E-state index is -3.68. The van der Waals surface area contributed by atoms with E-state index in [9.17, 15) is 13.2 Å². The maximum absolute atomic E-state index is 12.9. The van der Waals surface area contributed by atoms with Crippen molar-refractivity contribution in [2.45, 2.75) is 45.1 Å². The van der Waals surface area contributed by atoms with Crippen LogP contribution in [0.5, 0.6) is 5.75 Å². The molecule has 1 aromatic heterocycles. The van der Waals surface area contributed by atoms with Crippen LogP contribution >= 0.6 is 0 Å². The lowest BCUT2D eigenvalue weighted by Gasteiger charge is -2.20. The van der Waals surface area contributed by atoms with Gasteiger partial charge in [-0.05, 0) is 44.2 Å². The number of fused-ring (bicyclic) bond motifs is 1. The first-order valence-corrected chi connectivity index (χ1v) is 11.6. The third-order valence-electron chi connectivity index (χ3n) is 4.71.